The second-order valence-corrected chi connectivity index (χ2v) is 3.62. The molecular weight excluding hydrogens is 223 g/mol. The zero-order valence-corrected chi connectivity index (χ0v) is 9.66. The molecule has 0 atom stereocenters. The maximum Gasteiger partial charge on any atom is 0.175 e. The van der Waals surface area contributed by atoms with Gasteiger partial charge in [-0.1, -0.05) is 5.16 Å². The number of methoxy groups -OCH3 is 1. The molecule has 0 saturated heterocycles. The van der Waals surface area contributed by atoms with Crippen LogP contribution in [-0.4, -0.2) is 12.3 Å². The summed E-state index contributed by atoms with van der Waals surface area (Å²) >= 11 is 0. The van der Waals surface area contributed by atoms with Crippen LogP contribution in [0.3, 0.4) is 0 Å². The van der Waals surface area contributed by atoms with Gasteiger partial charge in [-0.25, -0.2) is 4.39 Å². The smallest absolute Gasteiger partial charge is 0.175 e. The molecule has 0 bridgehead atoms. The number of aryl methyl sites for hydroxylation is 1. The summed E-state index contributed by atoms with van der Waals surface area (Å²) in [4.78, 5) is 0. The molecule has 5 heteroatoms. The molecular formula is C12H13FN2O2. The van der Waals surface area contributed by atoms with Gasteiger partial charge in [0.15, 0.2) is 5.76 Å². The van der Waals surface area contributed by atoms with E-state index in [0.717, 1.165) is 5.56 Å². The van der Waals surface area contributed by atoms with Gasteiger partial charge in [-0.05, 0) is 25.1 Å². The molecule has 2 aromatic rings. The largest absolute Gasteiger partial charge is 0.496 e. The number of aromatic nitrogens is 1. The summed E-state index contributed by atoms with van der Waals surface area (Å²) in [6, 6.07) is 4.22. The van der Waals surface area contributed by atoms with Crippen LogP contribution in [0.4, 0.5) is 4.39 Å². The molecule has 90 valence electrons. The number of hydrogen-bond acceptors (Lipinski definition) is 4. The third-order valence-electron chi connectivity index (χ3n) is 2.59. The zero-order chi connectivity index (χ0) is 12.4. The molecule has 0 aliphatic carbocycles. The van der Waals surface area contributed by atoms with Crippen LogP contribution in [0.5, 0.6) is 5.75 Å². The molecule has 1 aromatic heterocycles. The Labute approximate surface area is 98.2 Å². The Morgan fingerprint density at radius 2 is 2.24 bits per heavy atom. The van der Waals surface area contributed by atoms with Crippen molar-refractivity contribution < 1.29 is 13.7 Å². The topological polar surface area (TPSA) is 61.3 Å². The second-order valence-electron chi connectivity index (χ2n) is 3.62. The summed E-state index contributed by atoms with van der Waals surface area (Å²) in [5, 5.41) is 3.84. The molecule has 0 saturated carbocycles. The lowest BCUT2D eigenvalue weighted by atomic mass is 10.1. The van der Waals surface area contributed by atoms with E-state index in [0.29, 0.717) is 22.8 Å². The van der Waals surface area contributed by atoms with Crippen molar-refractivity contribution in [1.29, 1.82) is 0 Å². The third kappa shape index (κ3) is 2.01. The first-order chi connectivity index (χ1) is 8.17. The molecule has 4 nitrogen and oxygen atoms in total. The van der Waals surface area contributed by atoms with Crippen LogP contribution in [0.2, 0.25) is 0 Å². The van der Waals surface area contributed by atoms with Crippen LogP contribution >= 0.6 is 0 Å². The number of rotatable bonds is 3. The summed E-state index contributed by atoms with van der Waals surface area (Å²) in [5.74, 6) is 0.622. The number of nitrogens with zero attached hydrogens (tertiary/aromatic N) is 1. The maximum absolute atomic E-state index is 13.3. The minimum Gasteiger partial charge on any atom is -0.496 e. The van der Waals surface area contributed by atoms with Gasteiger partial charge in [0.05, 0.1) is 18.4 Å². The lowest BCUT2D eigenvalue weighted by molar-refractivity contribution is 0.403. The summed E-state index contributed by atoms with van der Waals surface area (Å²) in [6.07, 6.45) is 0. The van der Waals surface area contributed by atoms with E-state index in [1.165, 1.54) is 19.2 Å². The fourth-order valence-electron chi connectivity index (χ4n) is 1.70. The minimum absolute atomic E-state index is 0.282. The summed E-state index contributed by atoms with van der Waals surface area (Å²) in [7, 11) is 1.52. The van der Waals surface area contributed by atoms with Crippen LogP contribution in [0, 0.1) is 12.7 Å². The maximum atomic E-state index is 13.3. The molecule has 17 heavy (non-hydrogen) atoms. The SMILES string of the molecule is COc1ccc(F)cc1-c1onc(C)c1CN. The molecule has 0 aliphatic rings. The van der Waals surface area contributed by atoms with E-state index in [2.05, 4.69) is 5.16 Å². The highest BCUT2D eigenvalue weighted by molar-refractivity contribution is 5.69. The van der Waals surface area contributed by atoms with Crippen LogP contribution in [0.15, 0.2) is 22.7 Å². The van der Waals surface area contributed by atoms with E-state index >= 15 is 0 Å². The quantitative estimate of drug-likeness (QED) is 0.887. The first kappa shape index (κ1) is 11.6. The highest BCUT2D eigenvalue weighted by Gasteiger charge is 2.17. The van der Waals surface area contributed by atoms with E-state index in [1.807, 2.05) is 0 Å². The first-order valence-corrected chi connectivity index (χ1v) is 5.16. The van der Waals surface area contributed by atoms with Crippen molar-refractivity contribution >= 4 is 0 Å². The monoisotopic (exact) mass is 236 g/mol. The van der Waals surface area contributed by atoms with Gasteiger partial charge in [0.2, 0.25) is 0 Å². The van der Waals surface area contributed by atoms with Gasteiger partial charge in [-0.3, -0.25) is 0 Å². The molecule has 0 fully saturated rings. The molecule has 1 heterocycles. The summed E-state index contributed by atoms with van der Waals surface area (Å²) in [6.45, 7) is 2.07. The molecule has 0 amide bonds. The Balaban J connectivity index is 2.62. The summed E-state index contributed by atoms with van der Waals surface area (Å²) in [5.41, 5.74) is 7.61. The molecule has 0 aliphatic heterocycles. The van der Waals surface area contributed by atoms with E-state index in [-0.39, 0.29) is 12.4 Å². The van der Waals surface area contributed by atoms with Crippen molar-refractivity contribution in [3.8, 4) is 17.1 Å². The Bertz CT molecular complexity index is 537. The Morgan fingerprint density at radius 1 is 1.47 bits per heavy atom. The molecule has 0 radical (unpaired) electrons. The van der Waals surface area contributed by atoms with Gasteiger partial charge in [-0.15, -0.1) is 0 Å². The Hall–Kier alpha value is -1.88. The zero-order valence-electron chi connectivity index (χ0n) is 9.66. The van der Waals surface area contributed by atoms with E-state index in [1.54, 1.807) is 13.0 Å². The van der Waals surface area contributed by atoms with Crippen molar-refractivity contribution in [3.63, 3.8) is 0 Å². The van der Waals surface area contributed by atoms with Crippen molar-refractivity contribution in [2.24, 2.45) is 5.73 Å². The fourth-order valence-corrected chi connectivity index (χ4v) is 1.70. The highest BCUT2D eigenvalue weighted by Crippen LogP contribution is 2.33. The molecule has 0 unspecified atom stereocenters. The highest BCUT2D eigenvalue weighted by atomic mass is 19.1. The van der Waals surface area contributed by atoms with Gasteiger partial charge < -0.3 is 15.0 Å². The van der Waals surface area contributed by atoms with E-state index in [9.17, 15) is 4.39 Å². The Kier molecular flexibility index (Phi) is 3.10. The Morgan fingerprint density at radius 3 is 2.88 bits per heavy atom. The van der Waals surface area contributed by atoms with Crippen molar-refractivity contribution in [2.45, 2.75) is 13.5 Å². The van der Waals surface area contributed by atoms with E-state index in [4.69, 9.17) is 15.0 Å². The van der Waals surface area contributed by atoms with Gasteiger partial charge in [0, 0.05) is 12.1 Å². The number of benzene rings is 1. The first-order valence-electron chi connectivity index (χ1n) is 5.16. The van der Waals surface area contributed by atoms with Crippen LogP contribution in [-0.2, 0) is 6.54 Å². The van der Waals surface area contributed by atoms with Gasteiger partial charge in [-0.2, -0.15) is 0 Å². The number of nitrogens with two attached hydrogens (primary N) is 1. The lowest BCUT2D eigenvalue weighted by Crippen LogP contribution is -1.99. The standard InChI is InChI=1S/C12H13FN2O2/c1-7-10(6-14)12(17-15-7)9-5-8(13)3-4-11(9)16-2/h3-5H,6,14H2,1-2H3. The summed E-state index contributed by atoms with van der Waals surface area (Å²) < 4.78 is 23.6. The average molecular weight is 236 g/mol. The van der Waals surface area contributed by atoms with E-state index < -0.39 is 0 Å². The predicted molar refractivity (Wildman–Crippen MR) is 61.1 cm³/mol. The van der Waals surface area contributed by atoms with Crippen molar-refractivity contribution in [3.05, 3.63) is 35.3 Å². The van der Waals surface area contributed by atoms with Crippen molar-refractivity contribution in [2.75, 3.05) is 7.11 Å². The van der Waals surface area contributed by atoms with Gasteiger partial charge in [0.1, 0.15) is 11.6 Å². The lowest BCUT2D eigenvalue weighted by Gasteiger charge is -2.06. The minimum atomic E-state index is -0.363. The molecule has 0 spiro atoms. The fraction of sp³-hybridized carbons (Fsp3) is 0.250. The average Bonchev–Trinajstić information content (AvgIpc) is 2.70. The normalized spacial score (nSPS) is 10.6. The third-order valence-corrected chi connectivity index (χ3v) is 2.59. The number of hydrogen-bond donors (Lipinski definition) is 1. The predicted octanol–water partition coefficient (Wildman–Crippen LogP) is 2.26. The number of halogens is 1. The van der Waals surface area contributed by atoms with Gasteiger partial charge in [0.25, 0.3) is 0 Å². The molecule has 2 N–H and O–H groups in total. The molecule has 1 aromatic carbocycles. The number of ether oxygens (including phenoxy) is 1. The van der Waals surface area contributed by atoms with Crippen LogP contribution < -0.4 is 10.5 Å². The van der Waals surface area contributed by atoms with Crippen molar-refractivity contribution in [1.82, 2.24) is 5.16 Å². The van der Waals surface area contributed by atoms with Gasteiger partial charge >= 0.3 is 0 Å². The van der Waals surface area contributed by atoms with Crippen LogP contribution in [0.25, 0.3) is 11.3 Å². The molecule has 2 rings (SSSR count). The second kappa shape index (κ2) is 4.55. The van der Waals surface area contributed by atoms with Crippen LogP contribution in [0.1, 0.15) is 11.3 Å².